The zero-order valence-corrected chi connectivity index (χ0v) is 35.7. The molecule has 4 aromatic carbocycles. The average molecular weight is 890 g/mol. The molecule has 7 rings (SSSR count). The number of halogens is 1. The van der Waals surface area contributed by atoms with Gasteiger partial charge < -0.3 is 42.6 Å². The van der Waals surface area contributed by atoms with E-state index in [-0.39, 0.29) is 33.0 Å². The minimum Gasteiger partial charge on any atom is -0.456 e. The number of nitrogens with zero attached hydrogens (tertiary/aromatic N) is 1. The number of carbonyl (C=O) groups excluding carboxylic acids is 4. The molecule has 10 atom stereocenters. The molecule has 1 amide bonds. The number of fused-ring (bicyclic) bond motifs is 1. The number of thioether (sulfide) groups is 1. The number of esters is 3. The summed E-state index contributed by atoms with van der Waals surface area (Å²) in [6.07, 6.45) is -10.1. The molecule has 62 heavy (non-hydrogen) atoms. The summed E-state index contributed by atoms with van der Waals surface area (Å²) in [6.45, 7) is 2.76. The Kier molecular flexibility index (Phi) is 15.9. The molecule has 0 bridgehead atoms. The van der Waals surface area contributed by atoms with E-state index in [1.165, 1.54) is 30.5 Å². The quantitative estimate of drug-likeness (QED) is 0.0611. The molecule has 3 saturated heterocycles. The minimum absolute atomic E-state index is 0.0689. The normalized spacial score (nSPS) is 26.8. The molecule has 0 aromatic heterocycles. The van der Waals surface area contributed by atoms with Crippen molar-refractivity contribution < 1.29 is 61.8 Å². The van der Waals surface area contributed by atoms with Gasteiger partial charge in [0.15, 0.2) is 30.7 Å². The smallest absolute Gasteiger partial charge is 0.411 e. The van der Waals surface area contributed by atoms with Crippen molar-refractivity contribution in [2.75, 3.05) is 19.1 Å². The summed E-state index contributed by atoms with van der Waals surface area (Å²) in [5.74, 6) is -2.56. The second-order valence-electron chi connectivity index (χ2n) is 14.8. The van der Waals surface area contributed by atoms with Crippen LogP contribution in [0.4, 0.5) is 4.79 Å². The molecule has 3 fully saturated rings. The van der Waals surface area contributed by atoms with E-state index < -0.39 is 90.4 Å². The largest absolute Gasteiger partial charge is 0.456 e. The predicted molar refractivity (Wildman–Crippen MR) is 224 cm³/mol. The Morgan fingerprint density at radius 3 is 1.71 bits per heavy atom. The number of ether oxygens (including phenoxy) is 9. The van der Waals surface area contributed by atoms with Crippen molar-refractivity contribution in [1.82, 2.24) is 4.90 Å². The molecule has 0 saturated carbocycles. The van der Waals surface area contributed by atoms with Crippen molar-refractivity contribution in [3.8, 4) is 0 Å². The first kappa shape index (κ1) is 45.0. The second kappa shape index (κ2) is 21.9. The molecule has 3 aliphatic rings. The van der Waals surface area contributed by atoms with Crippen LogP contribution in [0.15, 0.2) is 126 Å². The maximum absolute atomic E-state index is 14.0. The highest BCUT2D eigenvalue weighted by atomic mass is 35.5. The fourth-order valence-corrected chi connectivity index (χ4v) is 8.81. The van der Waals surface area contributed by atoms with Crippen LogP contribution in [0.2, 0.25) is 0 Å². The van der Waals surface area contributed by atoms with Gasteiger partial charge in [0, 0.05) is 25.3 Å². The van der Waals surface area contributed by atoms with Gasteiger partial charge in [0.25, 0.3) is 0 Å². The molecular weight excluding hydrogens is 842 g/mol. The van der Waals surface area contributed by atoms with Crippen LogP contribution in [0.3, 0.4) is 0 Å². The molecule has 328 valence electrons. The van der Waals surface area contributed by atoms with E-state index in [2.05, 4.69) is 0 Å². The maximum atomic E-state index is 14.0. The van der Waals surface area contributed by atoms with Crippen LogP contribution in [-0.2, 0) is 76.8 Å². The summed E-state index contributed by atoms with van der Waals surface area (Å²) < 4.78 is 56.7. The molecule has 0 aliphatic carbocycles. The van der Waals surface area contributed by atoms with Gasteiger partial charge in [0.1, 0.15) is 35.7 Å². The SMILES string of the molecule is CC(=O)O[C@H]1[C@@H](O[C@H]2O[C@H](COCc3ccccc3)[C@@H](OC(=O)CCl)[C@@H]3OC(=O)N(Cc4ccccc4)[C@@H]23)[C@@H](COCc2ccccc2)O[C@@H](Sc2ccccc2)[C@@H]1OC(C)=O. The zero-order valence-electron chi connectivity index (χ0n) is 34.1. The van der Waals surface area contributed by atoms with E-state index in [4.69, 9.17) is 54.2 Å². The van der Waals surface area contributed by atoms with Crippen LogP contribution in [-0.4, -0.2) is 108 Å². The molecule has 0 radical (unpaired) electrons. The summed E-state index contributed by atoms with van der Waals surface area (Å²) >= 11 is 7.22. The molecule has 3 aliphatic heterocycles. The van der Waals surface area contributed by atoms with Gasteiger partial charge in [-0.25, -0.2) is 4.79 Å². The standard InChI is InChI=1S/C46H48ClNO13S/c1-29(49)55-42-40(36(28-54-26-33-19-11-5-12-20-33)58-45(43(42)56-30(2)50)62-34-21-13-6-14-22-34)60-44-38-41(61-46(52)48(38)24-31-15-7-3-8-16-31)39(59-37(51)23-47)35(57-44)27-53-25-32-17-9-4-10-18-32/h3-22,35-36,38-45H,23-28H2,1-2H3/t35-,36-,38-,39-,40+,41-,42+,43-,44-,45+/m1/s1. The second-order valence-corrected chi connectivity index (χ2v) is 16.2. The molecule has 0 unspecified atom stereocenters. The van der Waals surface area contributed by atoms with Gasteiger partial charge in [-0.2, -0.15) is 0 Å². The minimum atomic E-state index is -1.36. The van der Waals surface area contributed by atoms with Crippen LogP contribution in [0.5, 0.6) is 0 Å². The lowest BCUT2D eigenvalue weighted by molar-refractivity contribution is -0.321. The molecule has 3 heterocycles. The fourth-order valence-electron chi connectivity index (χ4n) is 7.62. The van der Waals surface area contributed by atoms with Crippen molar-refractivity contribution in [2.45, 2.75) is 99.0 Å². The highest BCUT2D eigenvalue weighted by Crippen LogP contribution is 2.41. The van der Waals surface area contributed by atoms with E-state index in [1.54, 1.807) is 0 Å². The number of rotatable bonds is 18. The van der Waals surface area contributed by atoms with Crippen molar-refractivity contribution in [2.24, 2.45) is 0 Å². The lowest BCUT2D eigenvalue weighted by atomic mass is 9.94. The molecule has 16 heteroatoms. The summed E-state index contributed by atoms with van der Waals surface area (Å²) in [5, 5.41) is 0. The Bertz CT molecular complexity index is 2070. The van der Waals surface area contributed by atoms with Crippen LogP contribution in [0.1, 0.15) is 30.5 Å². The number of carbonyl (C=O) groups is 4. The molecule has 14 nitrogen and oxygen atoms in total. The monoisotopic (exact) mass is 889 g/mol. The highest BCUT2D eigenvalue weighted by Gasteiger charge is 2.61. The summed E-state index contributed by atoms with van der Waals surface area (Å²) in [4.78, 5) is 54.9. The Balaban J connectivity index is 1.27. The Morgan fingerprint density at radius 1 is 0.645 bits per heavy atom. The van der Waals surface area contributed by atoms with E-state index in [1.807, 2.05) is 121 Å². The highest BCUT2D eigenvalue weighted by molar-refractivity contribution is 7.99. The molecule has 4 aromatic rings. The Morgan fingerprint density at radius 2 is 1.16 bits per heavy atom. The fraction of sp³-hybridized carbons (Fsp3) is 0.391. The maximum Gasteiger partial charge on any atom is 0.411 e. The molecular formula is C46H48ClNO13S. The topological polar surface area (TPSA) is 155 Å². The van der Waals surface area contributed by atoms with Crippen LogP contribution in [0.25, 0.3) is 0 Å². The van der Waals surface area contributed by atoms with Crippen LogP contribution < -0.4 is 0 Å². The zero-order chi connectivity index (χ0) is 43.4. The first-order valence-corrected chi connectivity index (χ1v) is 21.6. The van der Waals surface area contributed by atoms with Gasteiger partial charge in [0.05, 0.1) is 26.4 Å². The lowest BCUT2D eigenvalue weighted by Gasteiger charge is -2.48. The van der Waals surface area contributed by atoms with Gasteiger partial charge in [-0.05, 0) is 28.8 Å². The van der Waals surface area contributed by atoms with Gasteiger partial charge in [-0.1, -0.05) is 121 Å². The van der Waals surface area contributed by atoms with Crippen molar-refractivity contribution in [3.05, 3.63) is 138 Å². The number of amides is 1. The lowest BCUT2D eigenvalue weighted by Crippen LogP contribution is -2.66. The van der Waals surface area contributed by atoms with Crippen molar-refractivity contribution in [1.29, 1.82) is 0 Å². The van der Waals surface area contributed by atoms with Crippen molar-refractivity contribution in [3.63, 3.8) is 0 Å². The van der Waals surface area contributed by atoms with Gasteiger partial charge in [0.2, 0.25) is 0 Å². The molecule has 0 N–H and O–H groups in total. The summed E-state index contributed by atoms with van der Waals surface area (Å²) in [6, 6.07) is 36.5. The first-order chi connectivity index (χ1) is 30.2. The number of benzene rings is 4. The first-order valence-electron chi connectivity index (χ1n) is 20.2. The van der Waals surface area contributed by atoms with Gasteiger partial charge in [-0.3, -0.25) is 19.3 Å². The van der Waals surface area contributed by atoms with E-state index in [0.29, 0.717) is 0 Å². The van der Waals surface area contributed by atoms with Crippen LogP contribution >= 0.6 is 23.4 Å². The molecule has 0 spiro atoms. The third kappa shape index (κ3) is 11.7. The van der Waals surface area contributed by atoms with E-state index in [0.717, 1.165) is 21.6 Å². The third-order valence-corrected chi connectivity index (χ3v) is 11.7. The number of hydrogen-bond acceptors (Lipinski definition) is 14. The van der Waals surface area contributed by atoms with Gasteiger partial charge >= 0.3 is 24.0 Å². The average Bonchev–Trinajstić information content (AvgIpc) is 3.60. The van der Waals surface area contributed by atoms with E-state index in [9.17, 15) is 19.2 Å². The summed E-state index contributed by atoms with van der Waals surface area (Å²) in [5.41, 5.74) is 1.65. The van der Waals surface area contributed by atoms with Crippen LogP contribution in [0, 0.1) is 0 Å². The third-order valence-electron chi connectivity index (χ3n) is 10.3. The predicted octanol–water partition coefficient (Wildman–Crippen LogP) is 6.45. The number of alkyl halides is 1. The Labute approximate surface area is 368 Å². The summed E-state index contributed by atoms with van der Waals surface area (Å²) in [7, 11) is 0. The van der Waals surface area contributed by atoms with Crippen molar-refractivity contribution >= 4 is 47.4 Å². The Hall–Kier alpha value is -5.00. The number of hydrogen-bond donors (Lipinski definition) is 0. The van der Waals surface area contributed by atoms with Gasteiger partial charge in [-0.15, -0.1) is 11.6 Å². The van der Waals surface area contributed by atoms with E-state index >= 15 is 0 Å².